The molecule has 0 aliphatic carbocycles. The first kappa shape index (κ1) is 15.1. The zero-order valence-corrected chi connectivity index (χ0v) is 12.8. The molecule has 0 bridgehead atoms. The standard InChI is InChI=1S/C13H22N4O2S/c1-3-13(4-2)7-8(5-6-19-13)16-12-9(11(15)18)10(14)17-20-12/h8,16H,3-7H2,1-2H3,(H2,14,17)(H2,15,18). The van der Waals surface area contributed by atoms with Crippen molar-refractivity contribution in [3.8, 4) is 0 Å². The van der Waals surface area contributed by atoms with Gasteiger partial charge >= 0.3 is 0 Å². The number of nitrogen functional groups attached to an aromatic ring is 1. The molecule has 2 heterocycles. The average molecular weight is 298 g/mol. The maximum atomic E-state index is 11.4. The summed E-state index contributed by atoms with van der Waals surface area (Å²) in [4.78, 5) is 11.4. The highest BCUT2D eigenvalue weighted by Gasteiger charge is 2.35. The van der Waals surface area contributed by atoms with Gasteiger partial charge < -0.3 is 21.5 Å². The molecule has 1 amide bonds. The van der Waals surface area contributed by atoms with E-state index in [0.29, 0.717) is 10.6 Å². The second-order valence-electron chi connectivity index (χ2n) is 5.21. The van der Waals surface area contributed by atoms with Gasteiger partial charge in [-0.15, -0.1) is 0 Å². The maximum Gasteiger partial charge on any atom is 0.255 e. The number of primary amides is 1. The van der Waals surface area contributed by atoms with Crippen LogP contribution in [0, 0.1) is 0 Å². The number of nitrogens with one attached hydrogen (secondary N) is 1. The Morgan fingerprint density at radius 1 is 1.55 bits per heavy atom. The van der Waals surface area contributed by atoms with Gasteiger partial charge in [0.25, 0.3) is 5.91 Å². The fourth-order valence-electron chi connectivity index (χ4n) is 2.72. The quantitative estimate of drug-likeness (QED) is 0.771. The van der Waals surface area contributed by atoms with Gasteiger partial charge in [-0.2, -0.15) is 4.37 Å². The number of carbonyl (C=O) groups is 1. The zero-order chi connectivity index (χ0) is 14.8. The highest BCUT2D eigenvalue weighted by atomic mass is 32.1. The number of amides is 1. The van der Waals surface area contributed by atoms with E-state index in [2.05, 4.69) is 23.5 Å². The number of ether oxygens (including phenoxy) is 1. The van der Waals surface area contributed by atoms with E-state index in [4.69, 9.17) is 16.2 Å². The number of hydrogen-bond acceptors (Lipinski definition) is 6. The molecule has 0 spiro atoms. The van der Waals surface area contributed by atoms with E-state index in [-0.39, 0.29) is 17.5 Å². The number of nitrogens with two attached hydrogens (primary N) is 2. The van der Waals surface area contributed by atoms with Crippen molar-refractivity contribution in [1.29, 1.82) is 0 Å². The minimum absolute atomic E-state index is 0.0704. The first-order valence-corrected chi connectivity index (χ1v) is 7.74. The third-order valence-corrected chi connectivity index (χ3v) is 4.87. The summed E-state index contributed by atoms with van der Waals surface area (Å²) in [6.07, 6.45) is 3.78. The number of hydrogen-bond donors (Lipinski definition) is 3. The Morgan fingerprint density at radius 3 is 2.85 bits per heavy atom. The van der Waals surface area contributed by atoms with E-state index in [1.807, 2.05) is 0 Å². The predicted molar refractivity (Wildman–Crippen MR) is 81.0 cm³/mol. The van der Waals surface area contributed by atoms with E-state index in [0.717, 1.165) is 32.3 Å². The van der Waals surface area contributed by atoms with E-state index in [9.17, 15) is 4.79 Å². The summed E-state index contributed by atoms with van der Waals surface area (Å²) in [5.41, 5.74) is 11.3. The smallest absolute Gasteiger partial charge is 0.255 e. The molecule has 0 aromatic carbocycles. The summed E-state index contributed by atoms with van der Waals surface area (Å²) in [6, 6.07) is 0.251. The van der Waals surface area contributed by atoms with Crippen molar-refractivity contribution in [2.45, 2.75) is 51.2 Å². The summed E-state index contributed by atoms with van der Waals surface area (Å²) in [5, 5.41) is 4.04. The second kappa shape index (κ2) is 5.97. The van der Waals surface area contributed by atoms with Crippen molar-refractivity contribution in [3.63, 3.8) is 0 Å². The van der Waals surface area contributed by atoms with Crippen LogP contribution in [-0.2, 0) is 4.74 Å². The topological polar surface area (TPSA) is 103 Å². The largest absolute Gasteiger partial charge is 0.382 e. The van der Waals surface area contributed by atoms with Crippen LogP contribution in [0.4, 0.5) is 10.8 Å². The Hall–Kier alpha value is -1.34. The number of nitrogens with zero attached hydrogens (tertiary/aromatic N) is 1. The Balaban J connectivity index is 2.12. The lowest BCUT2D eigenvalue weighted by molar-refractivity contribution is -0.0864. The highest BCUT2D eigenvalue weighted by molar-refractivity contribution is 7.11. The van der Waals surface area contributed by atoms with Crippen molar-refractivity contribution in [3.05, 3.63) is 5.56 Å². The van der Waals surface area contributed by atoms with Crippen molar-refractivity contribution in [2.75, 3.05) is 17.7 Å². The SMILES string of the molecule is CCC1(CC)CC(Nc2snc(N)c2C(N)=O)CCO1. The monoisotopic (exact) mass is 298 g/mol. The molecule has 1 saturated heterocycles. The Morgan fingerprint density at radius 2 is 2.25 bits per heavy atom. The predicted octanol–water partition coefficient (Wildman–Crippen LogP) is 1.97. The fraction of sp³-hybridized carbons (Fsp3) is 0.692. The number of anilines is 2. The molecule has 20 heavy (non-hydrogen) atoms. The lowest BCUT2D eigenvalue weighted by Crippen LogP contribution is -2.43. The summed E-state index contributed by atoms with van der Waals surface area (Å²) < 4.78 is 9.95. The second-order valence-corrected chi connectivity index (χ2v) is 5.98. The fourth-order valence-corrected chi connectivity index (χ4v) is 3.51. The normalized spacial score (nSPS) is 21.6. The number of carbonyl (C=O) groups excluding carboxylic acids is 1. The molecule has 1 aromatic rings. The lowest BCUT2D eigenvalue weighted by Gasteiger charge is -2.40. The van der Waals surface area contributed by atoms with Gasteiger partial charge in [0.05, 0.1) is 5.60 Å². The van der Waals surface area contributed by atoms with Crippen molar-refractivity contribution in [1.82, 2.24) is 4.37 Å². The van der Waals surface area contributed by atoms with Crippen LogP contribution in [0.5, 0.6) is 0 Å². The molecular weight excluding hydrogens is 276 g/mol. The van der Waals surface area contributed by atoms with Crippen LogP contribution < -0.4 is 16.8 Å². The lowest BCUT2D eigenvalue weighted by atomic mass is 9.86. The summed E-state index contributed by atoms with van der Waals surface area (Å²) in [7, 11) is 0. The molecule has 1 fully saturated rings. The molecule has 1 aliphatic rings. The Bertz CT molecular complexity index is 485. The Labute approximate surface area is 123 Å². The first-order valence-electron chi connectivity index (χ1n) is 6.96. The average Bonchev–Trinajstić information content (AvgIpc) is 2.80. The van der Waals surface area contributed by atoms with E-state index < -0.39 is 5.91 Å². The maximum absolute atomic E-state index is 11.4. The van der Waals surface area contributed by atoms with Gasteiger partial charge in [0, 0.05) is 12.6 Å². The third kappa shape index (κ3) is 2.88. The molecule has 7 heteroatoms. The molecule has 6 nitrogen and oxygen atoms in total. The molecule has 1 unspecified atom stereocenters. The Kier molecular flexibility index (Phi) is 4.49. The molecule has 1 aromatic heterocycles. The van der Waals surface area contributed by atoms with Gasteiger partial charge in [0.1, 0.15) is 10.6 Å². The van der Waals surface area contributed by atoms with Gasteiger partial charge in [-0.3, -0.25) is 4.79 Å². The molecule has 1 atom stereocenters. The summed E-state index contributed by atoms with van der Waals surface area (Å²) >= 11 is 1.19. The summed E-state index contributed by atoms with van der Waals surface area (Å²) in [6.45, 7) is 5.01. The third-order valence-electron chi connectivity index (χ3n) is 4.08. The first-order chi connectivity index (χ1) is 9.51. The van der Waals surface area contributed by atoms with E-state index in [1.54, 1.807) is 0 Å². The van der Waals surface area contributed by atoms with Gasteiger partial charge in [-0.25, -0.2) is 0 Å². The molecule has 112 valence electrons. The van der Waals surface area contributed by atoms with Crippen LogP contribution in [0.2, 0.25) is 0 Å². The van der Waals surface area contributed by atoms with Crippen LogP contribution in [0.15, 0.2) is 0 Å². The highest BCUT2D eigenvalue weighted by Crippen LogP contribution is 2.34. The van der Waals surface area contributed by atoms with Crippen LogP contribution in [0.25, 0.3) is 0 Å². The van der Waals surface area contributed by atoms with E-state index >= 15 is 0 Å². The van der Waals surface area contributed by atoms with Crippen molar-refractivity contribution >= 4 is 28.3 Å². The van der Waals surface area contributed by atoms with Gasteiger partial charge in [-0.05, 0) is 37.2 Å². The van der Waals surface area contributed by atoms with E-state index in [1.165, 1.54) is 11.5 Å². The van der Waals surface area contributed by atoms with Gasteiger partial charge in [0.2, 0.25) is 0 Å². The summed E-state index contributed by atoms with van der Waals surface area (Å²) in [5.74, 6) is -0.336. The minimum Gasteiger partial charge on any atom is -0.382 e. The van der Waals surface area contributed by atoms with Crippen LogP contribution in [0.1, 0.15) is 49.9 Å². The number of rotatable bonds is 5. The van der Waals surface area contributed by atoms with Crippen LogP contribution in [0.3, 0.4) is 0 Å². The molecule has 0 radical (unpaired) electrons. The van der Waals surface area contributed by atoms with Gasteiger partial charge in [-0.1, -0.05) is 13.8 Å². The molecule has 5 N–H and O–H groups in total. The van der Waals surface area contributed by atoms with Crippen molar-refractivity contribution < 1.29 is 9.53 Å². The molecule has 2 rings (SSSR count). The van der Waals surface area contributed by atoms with Crippen LogP contribution in [-0.4, -0.2) is 28.5 Å². The molecular formula is C13H22N4O2S. The number of aromatic nitrogens is 1. The van der Waals surface area contributed by atoms with Crippen LogP contribution >= 0.6 is 11.5 Å². The zero-order valence-electron chi connectivity index (χ0n) is 11.9. The molecule has 1 aliphatic heterocycles. The van der Waals surface area contributed by atoms with Crippen molar-refractivity contribution in [2.24, 2.45) is 5.73 Å². The minimum atomic E-state index is -0.539. The molecule has 0 saturated carbocycles. The van der Waals surface area contributed by atoms with Gasteiger partial charge in [0.15, 0.2) is 5.82 Å².